The van der Waals surface area contributed by atoms with Gasteiger partial charge in [-0.3, -0.25) is 4.79 Å². The lowest BCUT2D eigenvalue weighted by molar-refractivity contribution is -0.000617. The van der Waals surface area contributed by atoms with Gasteiger partial charge in [0.2, 0.25) is 5.82 Å². The molecule has 37 heavy (non-hydrogen) atoms. The summed E-state index contributed by atoms with van der Waals surface area (Å²) in [5.74, 6) is 1.51. The van der Waals surface area contributed by atoms with Crippen molar-refractivity contribution >= 4 is 0 Å². The Kier molecular flexibility index (Phi) is 7.48. The van der Waals surface area contributed by atoms with Crippen LogP contribution in [-0.2, 0) is 16.9 Å². The quantitative estimate of drug-likeness (QED) is 0.329. The number of rotatable bonds is 9. The van der Waals surface area contributed by atoms with Gasteiger partial charge in [0.1, 0.15) is 12.4 Å². The highest BCUT2D eigenvalue weighted by atomic mass is 16.5. The second kappa shape index (κ2) is 11.1. The third-order valence-electron chi connectivity index (χ3n) is 6.83. The molecule has 2 heterocycles. The smallest absolute Gasteiger partial charge is 0.258 e. The molecule has 1 fully saturated rings. The SMILES string of the molecule is COCCOc1cccc(Cn2cc(-c3noc(-c4ccc(C5(O)CCCCC5)cc4)n3)ccc2=O)c1. The molecule has 0 bridgehead atoms. The number of aromatic nitrogens is 3. The van der Waals surface area contributed by atoms with Crippen molar-refractivity contribution in [3.8, 4) is 28.6 Å². The lowest BCUT2D eigenvalue weighted by atomic mass is 9.79. The Hall–Kier alpha value is -3.75. The van der Waals surface area contributed by atoms with E-state index in [1.165, 1.54) is 12.5 Å². The van der Waals surface area contributed by atoms with Gasteiger partial charge in [-0.15, -0.1) is 0 Å². The summed E-state index contributed by atoms with van der Waals surface area (Å²) in [5.41, 5.74) is 2.43. The molecule has 0 atom stereocenters. The Labute approximate surface area is 215 Å². The molecule has 1 saturated carbocycles. The molecule has 1 aliphatic carbocycles. The predicted octanol–water partition coefficient (Wildman–Crippen LogP) is 4.79. The van der Waals surface area contributed by atoms with Gasteiger partial charge in [-0.1, -0.05) is 48.7 Å². The van der Waals surface area contributed by atoms with E-state index in [-0.39, 0.29) is 5.56 Å². The second-order valence-electron chi connectivity index (χ2n) is 9.47. The minimum atomic E-state index is -0.750. The minimum absolute atomic E-state index is 0.130. The van der Waals surface area contributed by atoms with Crippen LogP contribution in [0.15, 0.2) is 76.2 Å². The van der Waals surface area contributed by atoms with Crippen molar-refractivity contribution in [3.05, 3.63) is 88.3 Å². The van der Waals surface area contributed by atoms with Crippen LogP contribution in [0.1, 0.15) is 43.2 Å². The summed E-state index contributed by atoms with van der Waals surface area (Å²) in [6.07, 6.45) is 6.57. The first-order valence-corrected chi connectivity index (χ1v) is 12.6. The van der Waals surface area contributed by atoms with E-state index in [0.717, 1.165) is 48.1 Å². The topological polar surface area (TPSA) is 99.6 Å². The number of nitrogens with zero attached hydrogens (tertiary/aromatic N) is 3. The lowest BCUT2D eigenvalue weighted by Crippen LogP contribution is -2.28. The average molecular weight is 502 g/mol. The largest absolute Gasteiger partial charge is 0.491 e. The molecule has 0 spiro atoms. The molecule has 0 unspecified atom stereocenters. The van der Waals surface area contributed by atoms with Crippen molar-refractivity contribution in [2.45, 2.75) is 44.2 Å². The Morgan fingerprint density at radius 1 is 1.00 bits per heavy atom. The van der Waals surface area contributed by atoms with Gasteiger partial charge in [0, 0.05) is 30.5 Å². The number of hydrogen-bond acceptors (Lipinski definition) is 7. The Morgan fingerprint density at radius 3 is 2.57 bits per heavy atom. The maximum absolute atomic E-state index is 12.5. The van der Waals surface area contributed by atoms with Crippen LogP contribution in [0.4, 0.5) is 0 Å². The third-order valence-corrected chi connectivity index (χ3v) is 6.83. The van der Waals surface area contributed by atoms with Gasteiger partial charge in [-0.2, -0.15) is 4.98 Å². The number of methoxy groups -OCH3 is 1. The fraction of sp³-hybridized carbons (Fsp3) is 0.345. The Bertz CT molecular complexity index is 1390. The molecule has 0 amide bonds. The minimum Gasteiger partial charge on any atom is -0.491 e. The summed E-state index contributed by atoms with van der Waals surface area (Å²) in [5, 5.41) is 15.1. The summed E-state index contributed by atoms with van der Waals surface area (Å²) in [6.45, 7) is 1.34. The molecule has 0 aliphatic heterocycles. The zero-order valence-electron chi connectivity index (χ0n) is 20.9. The van der Waals surface area contributed by atoms with Crippen molar-refractivity contribution in [2.24, 2.45) is 0 Å². The molecule has 1 aliphatic rings. The molecule has 4 aromatic rings. The molecule has 2 aromatic carbocycles. The maximum atomic E-state index is 12.5. The first kappa shape index (κ1) is 24.9. The van der Waals surface area contributed by atoms with Gasteiger partial charge in [0.25, 0.3) is 11.4 Å². The highest BCUT2D eigenvalue weighted by Gasteiger charge is 2.31. The molecule has 8 nitrogen and oxygen atoms in total. The zero-order chi connectivity index (χ0) is 25.7. The van der Waals surface area contributed by atoms with Crippen LogP contribution in [0.25, 0.3) is 22.8 Å². The van der Waals surface area contributed by atoms with E-state index in [1.807, 2.05) is 48.5 Å². The van der Waals surface area contributed by atoms with Crippen LogP contribution in [0.5, 0.6) is 5.75 Å². The molecular formula is C29H31N3O5. The molecule has 192 valence electrons. The fourth-order valence-electron chi connectivity index (χ4n) is 4.77. The summed E-state index contributed by atoms with van der Waals surface area (Å²) in [4.78, 5) is 17.1. The van der Waals surface area contributed by atoms with E-state index in [2.05, 4.69) is 10.1 Å². The van der Waals surface area contributed by atoms with Crippen molar-refractivity contribution in [1.29, 1.82) is 0 Å². The normalized spacial score (nSPS) is 15.0. The molecule has 0 radical (unpaired) electrons. The molecule has 5 rings (SSSR count). The maximum Gasteiger partial charge on any atom is 0.258 e. The van der Waals surface area contributed by atoms with Gasteiger partial charge in [-0.05, 0) is 54.3 Å². The molecule has 2 aromatic heterocycles. The number of benzene rings is 2. The lowest BCUT2D eigenvalue weighted by Gasteiger charge is -2.32. The molecular weight excluding hydrogens is 470 g/mol. The van der Waals surface area contributed by atoms with E-state index in [0.29, 0.717) is 37.0 Å². The predicted molar refractivity (Wildman–Crippen MR) is 139 cm³/mol. The summed E-state index contributed by atoms with van der Waals surface area (Å²) in [7, 11) is 1.63. The van der Waals surface area contributed by atoms with Crippen LogP contribution >= 0.6 is 0 Å². The van der Waals surface area contributed by atoms with Crippen LogP contribution in [-0.4, -0.2) is 40.1 Å². The standard InChI is InChI=1S/C29H31N3O5/c1-35-16-17-36-25-7-5-6-21(18-25)19-32-20-23(10-13-26(32)33)27-30-28(37-31-27)22-8-11-24(12-9-22)29(34)14-3-2-4-15-29/h5-13,18,20,34H,2-4,14-17,19H2,1H3. The van der Waals surface area contributed by atoms with E-state index in [1.54, 1.807) is 23.9 Å². The van der Waals surface area contributed by atoms with Crippen LogP contribution < -0.4 is 10.3 Å². The van der Waals surface area contributed by atoms with Crippen molar-refractivity contribution in [1.82, 2.24) is 14.7 Å². The van der Waals surface area contributed by atoms with Crippen molar-refractivity contribution in [3.63, 3.8) is 0 Å². The van der Waals surface area contributed by atoms with E-state index in [4.69, 9.17) is 14.0 Å². The first-order valence-electron chi connectivity index (χ1n) is 12.6. The monoisotopic (exact) mass is 501 g/mol. The van der Waals surface area contributed by atoms with Gasteiger partial charge in [0.05, 0.1) is 18.8 Å². The summed E-state index contributed by atoms with van der Waals surface area (Å²) < 4.78 is 17.8. The van der Waals surface area contributed by atoms with E-state index < -0.39 is 5.60 Å². The average Bonchev–Trinajstić information content (AvgIpc) is 3.41. The van der Waals surface area contributed by atoms with Crippen LogP contribution in [0, 0.1) is 0 Å². The summed E-state index contributed by atoms with van der Waals surface area (Å²) in [6, 6.07) is 18.5. The van der Waals surface area contributed by atoms with Crippen molar-refractivity contribution < 1.29 is 19.1 Å². The third kappa shape index (κ3) is 5.81. The summed E-state index contributed by atoms with van der Waals surface area (Å²) >= 11 is 0. The highest BCUT2D eigenvalue weighted by molar-refractivity contribution is 5.59. The number of ether oxygens (including phenoxy) is 2. The molecule has 8 heteroatoms. The number of hydrogen-bond donors (Lipinski definition) is 1. The molecule has 0 saturated heterocycles. The van der Waals surface area contributed by atoms with E-state index >= 15 is 0 Å². The number of pyridine rings is 1. The van der Waals surface area contributed by atoms with Crippen LogP contribution in [0.3, 0.4) is 0 Å². The zero-order valence-corrected chi connectivity index (χ0v) is 20.9. The second-order valence-corrected chi connectivity index (χ2v) is 9.47. The highest BCUT2D eigenvalue weighted by Crippen LogP contribution is 2.37. The van der Waals surface area contributed by atoms with Gasteiger partial charge in [0.15, 0.2) is 0 Å². The molecule has 1 N–H and O–H groups in total. The fourth-order valence-corrected chi connectivity index (χ4v) is 4.77. The first-order chi connectivity index (χ1) is 18.0. The Balaban J connectivity index is 1.32. The van der Waals surface area contributed by atoms with Gasteiger partial charge >= 0.3 is 0 Å². The van der Waals surface area contributed by atoms with E-state index in [9.17, 15) is 9.90 Å². The van der Waals surface area contributed by atoms with Crippen molar-refractivity contribution in [2.75, 3.05) is 20.3 Å². The van der Waals surface area contributed by atoms with Gasteiger partial charge < -0.3 is 23.7 Å². The van der Waals surface area contributed by atoms with Crippen LogP contribution in [0.2, 0.25) is 0 Å². The Morgan fingerprint density at radius 2 is 1.78 bits per heavy atom. The number of aliphatic hydroxyl groups is 1. The van der Waals surface area contributed by atoms with Gasteiger partial charge in [-0.25, -0.2) is 0 Å².